The third kappa shape index (κ3) is 5.11. The molecule has 0 amide bonds. The molecule has 1 aromatic heterocycles. The van der Waals surface area contributed by atoms with Crippen molar-refractivity contribution in [2.45, 2.75) is 70.7 Å². The van der Waals surface area contributed by atoms with Crippen molar-refractivity contribution in [1.82, 2.24) is 9.97 Å². The largest absolute Gasteiger partial charge is 0.393 e. The molecular weight excluding hydrogens is 328 g/mol. The van der Waals surface area contributed by atoms with Crippen LogP contribution < -0.4 is 4.90 Å². The van der Waals surface area contributed by atoms with E-state index >= 15 is 0 Å². The van der Waals surface area contributed by atoms with Gasteiger partial charge in [0.25, 0.3) is 0 Å². The van der Waals surface area contributed by atoms with E-state index in [4.69, 9.17) is 10.1 Å². The molecule has 1 unspecified atom stereocenters. The van der Waals surface area contributed by atoms with Crippen molar-refractivity contribution in [3.8, 4) is 0 Å². The van der Waals surface area contributed by atoms with Gasteiger partial charge in [-0.25, -0.2) is 9.97 Å². The lowest BCUT2D eigenvalue weighted by Crippen LogP contribution is -2.36. The van der Waals surface area contributed by atoms with Crippen molar-refractivity contribution in [3.05, 3.63) is 29.7 Å². The first-order valence-corrected chi connectivity index (χ1v) is 9.67. The maximum atomic E-state index is 9.68. The Morgan fingerprint density at radius 1 is 1.27 bits per heavy atom. The number of hydrogen-bond donors (Lipinski definition) is 2. The Morgan fingerprint density at radius 3 is 2.77 bits per heavy atom. The zero-order valence-electron chi connectivity index (χ0n) is 15.8. The normalized spacial score (nSPS) is 22.5. The molecule has 3 rings (SSSR count). The highest BCUT2D eigenvalue weighted by molar-refractivity contribution is 5.98. The van der Waals surface area contributed by atoms with Gasteiger partial charge in [-0.05, 0) is 51.5 Å². The summed E-state index contributed by atoms with van der Waals surface area (Å²) in [6.45, 7) is 5.76. The lowest BCUT2D eigenvalue weighted by atomic mass is 10.0. The summed E-state index contributed by atoms with van der Waals surface area (Å²) in [5, 5.41) is 18.0. The summed E-state index contributed by atoms with van der Waals surface area (Å²) in [5.41, 5.74) is 2.69. The van der Waals surface area contributed by atoms with E-state index in [1.165, 1.54) is 0 Å². The van der Waals surface area contributed by atoms with E-state index in [1.807, 2.05) is 6.07 Å². The quantitative estimate of drug-likeness (QED) is 0.846. The van der Waals surface area contributed by atoms with Crippen LogP contribution in [0.25, 0.3) is 0 Å². The Hall–Kier alpha value is -1.79. The average Bonchev–Trinajstić information content (AvgIpc) is 2.78. The molecule has 26 heavy (non-hydrogen) atoms. The molecule has 142 valence electrons. The minimum Gasteiger partial charge on any atom is -0.393 e. The van der Waals surface area contributed by atoms with E-state index in [9.17, 15) is 5.11 Å². The first kappa shape index (κ1) is 19.0. The fraction of sp³-hybridized carbons (Fsp3) is 0.650. The molecule has 1 aromatic rings. The maximum Gasteiger partial charge on any atom is 0.132 e. The van der Waals surface area contributed by atoms with Crippen molar-refractivity contribution < 1.29 is 9.84 Å². The van der Waals surface area contributed by atoms with Crippen LogP contribution in [0.5, 0.6) is 0 Å². The van der Waals surface area contributed by atoms with Crippen LogP contribution in [0.1, 0.15) is 51.6 Å². The number of nitrogens with one attached hydrogen (secondary N) is 1. The first-order chi connectivity index (χ1) is 12.5. The number of rotatable bonds is 5. The highest BCUT2D eigenvalue weighted by Crippen LogP contribution is 2.23. The minimum absolute atomic E-state index is 0.190. The molecule has 2 N–H and O–H groups in total. The van der Waals surface area contributed by atoms with Crippen molar-refractivity contribution in [2.75, 3.05) is 18.0 Å². The zero-order valence-corrected chi connectivity index (χ0v) is 15.8. The molecule has 2 aliphatic rings. The van der Waals surface area contributed by atoms with Gasteiger partial charge in [0.15, 0.2) is 0 Å². The molecule has 0 aromatic carbocycles. The van der Waals surface area contributed by atoms with Crippen LogP contribution in [0.15, 0.2) is 24.0 Å². The number of anilines is 1. The molecule has 0 bridgehead atoms. The van der Waals surface area contributed by atoms with Crippen molar-refractivity contribution >= 4 is 11.5 Å². The van der Waals surface area contributed by atoms with E-state index in [0.717, 1.165) is 62.3 Å². The van der Waals surface area contributed by atoms with Crippen LogP contribution in [0, 0.1) is 5.41 Å². The van der Waals surface area contributed by atoms with E-state index < -0.39 is 0 Å². The van der Waals surface area contributed by atoms with E-state index in [1.54, 1.807) is 6.33 Å². The second kappa shape index (κ2) is 8.73. The Bertz CT molecular complexity index is 651. The summed E-state index contributed by atoms with van der Waals surface area (Å²) < 4.78 is 5.93. The topological polar surface area (TPSA) is 82.3 Å². The number of piperidine rings is 1. The lowest BCUT2D eigenvalue weighted by Gasteiger charge is -2.30. The fourth-order valence-corrected chi connectivity index (χ4v) is 3.61. The third-order valence-corrected chi connectivity index (χ3v) is 5.07. The van der Waals surface area contributed by atoms with Gasteiger partial charge in [-0.3, -0.25) is 0 Å². The fourth-order valence-electron chi connectivity index (χ4n) is 3.61. The highest BCUT2D eigenvalue weighted by Gasteiger charge is 2.20. The highest BCUT2D eigenvalue weighted by atomic mass is 16.5. The number of hydrogen-bond acceptors (Lipinski definition) is 6. The number of aromatic nitrogens is 2. The van der Waals surface area contributed by atoms with Gasteiger partial charge in [-0.2, -0.15) is 0 Å². The first-order valence-electron chi connectivity index (χ1n) is 9.67. The molecule has 6 nitrogen and oxygen atoms in total. The summed E-state index contributed by atoms with van der Waals surface area (Å²) in [6, 6.07) is 2.03. The number of ether oxygens (including phenoxy) is 1. The number of aliphatic hydroxyl groups is 1. The number of nitrogens with zero attached hydrogens (tertiary/aromatic N) is 3. The second-order valence-corrected chi connectivity index (χ2v) is 7.55. The smallest absolute Gasteiger partial charge is 0.132 e. The summed E-state index contributed by atoms with van der Waals surface area (Å²) in [7, 11) is 0. The summed E-state index contributed by atoms with van der Waals surface area (Å²) in [4.78, 5) is 11.0. The Balaban J connectivity index is 1.67. The minimum atomic E-state index is -0.190. The Morgan fingerprint density at radius 2 is 2.04 bits per heavy atom. The Labute approximate surface area is 155 Å². The van der Waals surface area contributed by atoms with Gasteiger partial charge in [0, 0.05) is 31.3 Å². The van der Waals surface area contributed by atoms with E-state index in [2.05, 4.69) is 34.8 Å². The van der Waals surface area contributed by atoms with Crippen LogP contribution >= 0.6 is 0 Å². The second-order valence-electron chi connectivity index (χ2n) is 7.55. The number of aliphatic hydroxyl groups excluding tert-OH is 1. The lowest BCUT2D eigenvalue weighted by molar-refractivity contribution is 0.00679. The van der Waals surface area contributed by atoms with Crippen LogP contribution in [0.4, 0.5) is 5.82 Å². The molecule has 0 radical (unpaired) electrons. The van der Waals surface area contributed by atoms with Gasteiger partial charge in [-0.15, -0.1) is 0 Å². The van der Waals surface area contributed by atoms with Crippen LogP contribution in [-0.2, 0) is 11.2 Å². The molecule has 0 saturated carbocycles. The molecule has 2 heterocycles. The Kier molecular flexibility index (Phi) is 6.38. The molecule has 6 heteroatoms. The van der Waals surface area contributed by atoms with Crippen molar-refractivity contribution in [2.24, 2.45) is 0 Å². The van der Waals surface area contributed by atoms with Gasteiger partial charge >= 0.3 is 0 Å². The number of allylic oxidation sites excluding steroid dienone is 1. The van der Waals surface area contributed by atoms with Crippen molar-refractivity contribution in [1.29, 1.82) is 5.41 Å². The average molecular weight is 358 g/mol. The monoisotopic (exact) mass is 358 g/mol. The molecule has 1 saturated heterocycles. The predicted octanol–water partition coefficient (Wildman–Crippen LogP) is 2.90. The maximum absolute atomic E-state index is 9.68. The predicted molar refractivity (Wildman–Crippen MR) is 103 cm³/mol. The van der Waals surface area contributed by atoms with Gasteiger partial charge < -0.3 is 20.2 Å². The molecular formula is C20H30N4O2. The van der Waals surface area contributed by atoms with Crippen LogP contribution in [-0.4, -0.2) is 52.2 Å². The van der Waals surface area contributed by atoms with E-state index in [-0.39, 0.29) is 18.3 Å². The molecule has 1 aliphatic heterocycles. The van der Waals surface area contributed by atoms with Gasteiger partial charge in [-0.1, -0.05) is 6.08 Å². The zero-order chi connectivity index (χ0) is 18.5. The van der Waals surface area contributed by atoms with Crippen molar-refractivity contribution in [3.63, 3.8) is 0 Å². The molecule has 1 fully saturated rings. The third-order valence-electron chi connectivity index (χ3n) is 5.07. The molecule has 0 spiro atoms. The standard InChI is InChI=1S/C20H30N4O2/c1-14(2)26-18-4-3-15(19(21)6-5-18)11-16-12-20(23-13-22-16)24-9-7-17(25)8-10-24/h3,12-14,17-18,21,25H,4-11H2,1-2H3. The summed E-state index contributed by atoms with van der Waals surface area (Å²) in [5.74, 6) is 0.920. The van der Waals surface area contributed by atoms with Gasteiger partial charge in [0.2, 0.25) is 0 Å². The molecule has 1 atom stereocenters. The van der Waals surface area contributed by atoms with Gasteiger partial charge in [0.05, 0.1) is 24.0 Å². The summed E-state index contributed by atoms with van der Waals surface area (Å²) in [6.07, 6.45) is 8.75. The van der Waals surface area contributed by atoms with Crippen LogP contribution in [0.3, 0.4) is 0 Å². The summed E-state index contributed by atoms with van der Waals surface area (Å²) >= 11 is 0. The molecule has 1 aliphatic carbocycles. The van der Waals surface area contributed by atoms with Crippen LogP contribution in [0.2, 0.25) is 0 Å². The van der Waals surface area contributed by atoms with Gasteiger partial charge in [0.1, 0.15) is 12.1 Å². The SMILES string of the molecule is CC(C)OC1CC=C(Cc2cc(N3CCC(O)CC3)ncn2)C(=N)CC1. The van der Waals surface area contributed by atoms with E-state index in [0.29, 0.717) is 12.1 Å².